The van der Waals surface area contributed by atoms with Gasteiger partial charge >= 0.3 is 0 Å². The van der Waals surface area contributed by atoms with Gasteiger partial charge in [-0.3, -0.25) is 0 Å². The molecule has 0 spiro atoms. The van der Waals surface area contributed by atoms with Crippen molar-refractivity contribution in [3.05, 3.63) is 11.6 Å². The van der Waals surface area contributed by atoms with Crippen molar-refractivity contribution in [1.82, 2.24) is 0 Å². The molecule has 0 aromatic carbocycles. The molecule has 4 aliphatic carbocycles. The van der Waals surface area contributed by atoms with Gasteiger partial charge in [-0.25, -0.2) is 0 Å². The van der Waals surface area contributed by atoms with Crippen LogP contribution < -0.4 is 0 Å². The molecule has 0 radical (unpaired) electrons. The van der Waals surface area contributed by atoms with Crippen molar-refractivity contribution in [2.45, 2.75) is 217 Å². The lowest BCUT2D eigenvalue weighted by Crippen LogP contribution is -2.67. The number of fused-ring (bicyclic) bond motifs is 5. The minimum atomic E-state index is -1.68. The summed E-state index contributed by atoms with van der Waals surface area (Å²) in [5, 5.41) is 118. The summed E-state index contributed by atoms with van der Waals surface area (Å²) >= 11 is 0. The van der Waals surface area contributed by atoms with Crippen molar-refractivity contribution >= 4 is 0 Å². The van der Waals surface area contributed by atoms with E-state index in [1.165, 1.54) is 0 Å². The number of hydrogen-bond donors (Lipinski definition) is 11. The van der Waals surface area contributed by atoms with Crippen LogP contribution in [0.15, 0.2) is 11.6 Å². The molecule has 3 heterocycles. The van der Waals surface area contributed by atoms with Crippen LogP contribution in [0.5, 0.6) is 0 Å². The van der Waals surface area contributed by atoms with Gasteiger partial charge in [0.1, 0.15) is 67.1 Å². The first-order valence-electron chi connectivity index (χ1n) is 23.8. The van der Waals surface area contributed by atoms with Crippen LogP contribution in [0.3, 0.4) is 0 Å². The van der Waals surface area contributed by atoms with Crippen LogP contribution >= 0.6 is 0 Å². The Bertz CT molecular complexity index is 1630. The second-order valence-electron chi connectivity index (χ2n) is 22.5. The van der Waals surface area contributed by atoms with Gasteiger partial charge in [0, 0.05) is 0 Å². The smallest absolute Gasteiger partial charge is 0.187 e. The first-order chi connectivity index (χ1) is 29.9. The summed E-state index contributed by atoms with van der Waals surface area (Å²) in [7, 11) is 0. The molecular formula is C47H80O17. The minimum Gasteiger partial charge on any atom is -0.394 e. The summed E-state index contributed by atoms with van der Waals surface area (Å²) < 4.78 is 36.5. The van der Waals surface area contributed by atoms with Gasteiger partial charge in [0.05, 0.1) is 37.6 Å². The Labute approximate surface area is 377 Å². The van der Waals surface area contributed by atoms with Crippen molar-refractivity contribution in [2.75, 3.05) is 19.8 Å². The average molecular weight is 917 g/mol. The lowest BCUT2D eigenvalue weighted by molar-refractivity contribution is -0.346. The molecule has 4 saturated carbocycles. The molecule has 17 heteroatoms. The number of aliphatic hydroxyl groups is 11. The van der Waals surface area contributed by atoms with E-state index in [0.29, 0.717) is 25.7 Å². The zero-order valence-corrected chi connectivity index (χ0v) is 39.0. The minimum absolute atomic E-state index is 0.149. The van der Waals surface area contributed by atoms with Gasteiger partial charge in [-0.1, -0.05) is 46.3 Å². The highest BCUT2D eigenvalue weighted by Gasteiger charge is 2.72. The lowest BCUT2D eigenvalue weighted by atomic mass is 9.35. The molecule has 0 aromatic rings. The molecule has 7 fully saturated rings. The first kappa shape index (κ1) is 50.9. The van der Waals surface area contributed by atoms with E-state index in [1.54, 1.807) is 0 Å². The van der Waals surface area contributed by atoms with Crippen LogP contribution in [0.1, 0.15) is 113 Å². The van der Waals surface area contributed by atoms with E-state index < -0.39 is 116 Å². The van der Waals surface area contributed by atoms with Crippen molar-refractivity contribution in [3.63, 3.8) is 0 Å². The second kappa shape index (κ2) is 18.8. The monoisotopic (exact) mass is 917 g/mol. The maximum atomic E-state index is 12.7. The molecular weight excluding hydrogens is 836 g/mol. The standard InChI is InChI=1S/C47H80O17/c1-22(2)10-9-14-47(8,64-42-39(58)36(55)34(53)27(62-42)21-60-40-37(56)32(51)25(50)20-59-40)23-11-16-46(7)31(23)24(49)18-29-44(5)15-13-30(43(3,4)28(44)12-17-45(29,46)6)63-41-38(57)35(54)33(52)26(19-48)61-41/h10,23-42,48-58H,9,11-21H2,1-8H3/t23-,24?,25?,26?,27+,28-,29+,30?,31-,32?,33?,34?,35?,36?,37?,38?,39?,40?,41?,42?,44-,45+,46+,47?/m0/s1. The predicted molar refractivity (Wildman–Crippen MR) is 228 cm³/mol. The van der Waals surface area contributed by atoms with Crippen LogP contribution in [-0.4, -0.2) is 180 Å². The van der Waals surface area contributed by atoms with E-state index in [9.17, 15) is 56.2 Å². The van der Waals surface area contributed by atoms with Crippen molar-refractivity contribution in [1.29, 1.82) is 0 Å². The summed E-state index contributed by atoms with van der Waals surface area (Å²) in [6, 6.07) is 0. The fourth-order valence-electron chi connectivity index (χ4n) is 14.5. The number of allylic oxidation sites excluding steroid dienone is 2. The first-order valence-corrected chi connectivity index (χ1v) is 23.8. The van der Waals surface area contributed by atoms with Gasteiger partial charge in [-0.05, 0) is 124 Å². The fraction of sp³-hybridized carbons (Fsp3) is 0.957. The third-order valence-electron chi connectivity index (χ3n) is 18.4. The molecule has 0 aromatic heterocycles. The quantitative estimate of drug-likeness (QED) is 0.0946. The fourth-order valence-corrected chi connectivity index (χ4v) is 14.5. The predicted octanol–water partition coefficient (Wildman–Crippen LogP) is 0.612. The Morgan fingerprint density at radius 3 is 1.94 bits per heavy atom. The van der Waals surface area contributed by atoms with E-state index in [0.717, 1.165) is 37.7 Å². The molecule has 0 amide bonds. The molecule has 370 valence electrons. The molecule has 17 nitrogen and oxygen atoms in total. The van der Waals surface area contributed by atoms with Crippen molar-refractivity contribution in [3.8, 4) is 0 Å². The zero-order chi connectivity index (χ0) is 47.1. The van der Waals surface area contributed by atoms with Gasteiger partial charge in [-0.15, -0.1) is 0 Å². The van der Waals surface area contributed by atoms with E-state index in [4.69, 9.17) is 28.4 Å². The van der Waals surface area contributed by atoms with Crippen LogP contribution in [0.25, 0.3) is 0 Å². The summed E-state index contributed by atoms with van der Waals surface area (Å²) in [5.74, 6) is -0.0478. The van der Waals surface area contributed by atoms with Gasteiger partial charge in [0.2, 0.25) is 0 Å². The van der Waals surface area contributed by atoms with Crippen LogP contribution in [0.2, 0.25) is 0 Å². The maximum Gasteiger partial charge on any atom is 0.187 e. The molecule has 3 aliphatic heterocycles. The molecule has 11 N–H and O–H groups in total. The largest absolute Gasteiger partial charge is 0.394 e. The Morgan fingerprint density at radius 2 is 1.28 bits per heavy atom. The van der Waals surface area contributed by atoms with E-state index >= 15 is 0 Å². The highest BCUT2D eigenvalue weighted by Crippen LogP contribution is 2.76. The van der Waals surface area contributed by atoms with Crippen LogP contribution in [0.4, 0.5) is 0 Å². The average Bonchev–Trinajstić information content (AvgIpc) is 3.62. The van der Waals surface area contributed by atoms with Gasteiger partial charge < -0.3 is 84.6 Å². The van der Waals surface area contributed by atoms with E-state index in [2.05, 4.69) is 40.7 Å². The highest BCUT2D eigenvalue weighted by atomic mass is 16.7. The molecule has 24 atom stereocenters. The molecule has 7 rings (SSSR count). The summed E-state index contributed by atoms with van der Waals surface area (Å²) in [4.78, 5) is 0. The second-order valence-corrected chi connectivity index (χ2v) is 22.5. The third kappa shape index (κ3) is 8.60. The molecule has 7 aliphatic rings. The van der Waals surface area contributed by atoms with Gasteiger partial charge in [0.25, 0.3) is 0 Å². The van der Waals surface area contributed by atoms with Crippen LogP contribution in [0, 0.1) is 45.3 Å². The molecule has 64 heavy (non-hydrogen) atoms. The number of rotatable bonds is 12. The lowest BCUT2D eigenvalue weighted by Gasteiger charge is -2.71. The zero-order valence-electron chi connectivity index (χ0n) is 39.0. The molecule has 3 saturated heterocycles. The highest BCUT2D eigenvalue weighted by molar-refractivity contribution is 5.20. The third-order valence-corrected chi connectivity index (χ3v) is 18.4. The van der Waals surface area contributed by atoms with E-state index in [-0.39, 0.29) is 52.6 Å². The molecule has 16 unspecified atom stereocenters. The van der Waals surface area contributed by atoms with Crippen molar-refractivity contribution < 1.29 is 84.6 Å². The van der Waals surface area contributed by atoms with Crippen molar-refractivity contribution in [2.24, 2.45) is 45.3 Å². The maximum absolute atomic E-state index is 12.7. The topological polar surface area (TPSA) is 278 Å². The van der Waals surface area contributed by atoms with Crippen LogP contribution in [-0.2, 0) is 28.4 Å². The summed E-state index contributed by atoms with van der Waals surface area (Å²) in [5.41, 5.74) is -0.948. The number of aliphatic hydroxyl groups excluding tert-OH is 11. The van der Waals surface area contributed by atoms with Gasteiger partial charge in [-0.2, -0.15) is 0 Å². The summed E-state index contributed by atoms with van der Waals surface area (Å²) in [6.07, 6.45) is -12.4. The normalized spacial score (nSPS) is 52.5. The summed E-state index contributed by atoms with van der Waals surface area (Å²) in [6.45, 7) is 16.3. The van der Waals surface area contributed by atoms with E-state index in [1.807, 2.05) is 20.8 Å². The SMILES string of the molecule is CC(C)=CCCC(C)(OC1O[C@H](COC2OCC(O)C(O)C2O)C(O)C(O)C1O)[C@H]1CC[C@]2(C)[C@@H]1C(O)C[C@@H]1[C@@]3(C)CCC(OC4OC(CO)C(O)C(O)C4O)C(C)(C)[C@@H]3CC[C@]12C. The number of ether oxygens (including phenoxy) is 6. The molecule has 0 bridgehead atoms. The number of hydrogen-bond acceptors (Lipinski definition) is 17. The Kier molecular flexibility index (Phi) is 14.9. The van der Waals surface area contributed by atoms with Gasteiger partial charge in [0.15, 0.2) is 18.9 Å². The Morgan fingerprint density at radius 1 is 0.672 bits per heavy atom. The Balaban J connectivity index is 1.11. The Hall–Kier alpha value is -0.940.